The smallest absolute Gasteiger partial charge is 0.131 e. The van der Waals surface area contributed by atoms with Gasteiger partial charge in [-0.25, -0.2) is 4.39 Å². The Balaban J connectivity index is 2.51. The summed E-state index contributed by atoms with van der Waals surface area (Å²) in [6.07, 6.45) is 0.695. The summed E-state index contributed by atoms with van der Waals surface area (Å²) in [7, 11) is 0. The first-order valence-corrected chi connectivity index (χ1v) is 5.49. The zero-order valence-corrected chi connectivity index (χ0v) is 9.36. The van der Waals surface area contributed by atoms with Crippen molar-refractivity contribution in [2.24, 2.45) is 5.73 Å². The fourth-order valence-corrected chi connectivity index (χ4v) is 1.80. The molecule has 0 aliphatic heterocycles. The fourth-order valence-electron chi connectivity index (χ4n) is 1.80. The number of phenols is 1. The summed E-state index contributed by atoms with van der Waals surface area (Å²) in [6.45, 7) is 0.520. The number of halogens is 1. The van der Waals surface area contributed by atoms with Crippen LogP contribution in [0.5, 0.6) is 5.75 Å². The number of rotatable bonds is 3. The quantitative estimate of drug-likeness (QED) is 0.853. The van der Waals surface area contributed by atoms with Crippen LogP contribution in [0.3, 0.4) is 0 Å². The van der Waals surface area contributed by atoms with Crippen molar-refractivity contribution < 1.29 is 9.50 Å². The molecule has 2 nitrogen and oxygen atoms in total. The van der Waals surface area contributed by atoms with Gasteiger partial charge in [-0.3, -0.25) is 0 Å². The second kappa shape index (κ2) is 4.97. The molecule has 0 unspecified atom stereocenters. The van der Waals surface area contributed by atoms with Crippen LogP contribution in [0.1, 0.15) is 5.56 Å². The van der Waals surface area contributed by atoms with Crippen molar-refractivity contribution in [3.8, 4) is 16.9 Å². The maximum Gasteiger partial charge on any atom is 0.131 e. The Kier molecular flexibility index (Phi) is 3.40. The zero-order valence-electron chi connectivity index (χ0n) is 9.36. The van der Waals surface area contributed by atoms with Crippen LogP contribution in [0.25, 0.3) is 11.1 Å². The lowest BCUT2D eigenvalue weighted by Gasteiger charge is -2.08. The molecule has 2 rings (SSSR count). The summed E-state index contributed by atoms with van der Waals surface area (Å²) in [6, 6.07) is 11.6. The second-order valence-corrected chi connectivity index (χ2v) is 3.87. The number of nitrogens with two attached hydrogens (primary N) is 1. The van der Waals surface area contributed by atoms with Crippen molar-refractivity contribution in [2.75, 3.05) is 6.54 Å². The van der Waals surface area contributed by atoms with Gasteiger partial charge < -0.3 is 10.8 Å². The number of phenolic OH excluding ortho intramolecular Hbond substituents is 1. The van der Waals surface area contributed by atoms with Crippen LogP contribution in [-0.4, -0.2) is 11.7 Å². The average Bonchev–Trinajstić information content (AvgIpc) is 2.33. The predicted octanol–water partition coefficient (Wildman–Crippen LogP) is 2.70. The van der Waals surface area contributed by atoms with Crippen molar-refractivity contribution in [1.82, 2.24) is 0 Å². The molecule has 0 heterocycles. The molecule has 0 saturated heterocycles. The third kappa shape index (κ3) is 2.45. The maximum absolute atomic E-state index is 13.7. The Morgan fingerprint density at radius 2 is 1.82 bits per heavy atom. The minimum absolute atomic E-state index is 0.0799. The Bertz CT molecular complexity index is 525. The van der Waals surface area contributed by atoms with Gasteiger partial charge in [-0.15, -0.1) is 0 Å². The van der Waals surface area contributed by atoms with Crippen molar-refractivity contribution in [3.63, 3.8) is 0 Å². The highest BCUT2D eigenvalue weighted by atomic mass is 19.1. The van der Waals surface area contributed by atoms with Crippen molar-refractivity contribution in [3.05, 3.63) is 53.8 Å². The minimum atomic E-state index is -0.340. The molecule has 0 atom stereocenters. The van der Waals surface area contributed by atoms with Crippen LogP contribution >= 0.6 is 0 Å². The molecule has 0 fully saturated rings. The highest BCUT2D eigenvalue weighted by Gasteiger charge is 2.09. The van der Waals surface area contributed by atoms with Gasteiger partial charge >= 0.3 is 0 Å². The molecule has 0 radical (unpaired) electrons. The first-order chi connectivity index (χ1) is 8.22. The third-order valence-corrected chi connectivity index (χ3v) is 2.66. The molecule has 0 saturated carbocycles. The SMILES string of the molecule is NCCc1ccc(F)c(-c2ccccc2O)c1. The first kappa shape index (κ1) is 11.6. The lowest BCUT2D eigenvalue weighted by atomic mass is 10.0. The van der Waals surface area contributed by atoms with Crippen molar-refractivity contribution in [1.29, 1.82) is 0 Å². The zero-order chi connectivity index (χ0) is 12.3. The summed E-state index contributed by atoms with van der Waals surface area (Å²) in [5, 5.41) is 9.72. The van der Waals surface area contributed by atoms with Crippen LogP contribution in [0.4, 0.5) is 4.39 Å². The van der Waals surface area contributed by atoms with Gasteiger partial charge in [0.1, 0.15) is 11.6 Å². The monoisotopic (exact) mass is 231 g/mol. The highest BCUT2D eigenvalue weighted by Crippen LogP contribution is 2.31. The van der Waals surface area contributed by atoms with Crippen LogP contribution in [0.2, 0.25) is 0 Å². The van der Waals surface area contributed by atoms with E-state index in [4.69, 9.17) is 5.73 Å². The van der Waals surface area contributed by atoms with Gasteiger partial charge in [-0.1, -0.05) is 24.3 Å². The van der Waals surface area contributed by atoms with Gasteiger partial charge in [0.05, 0.1) is 0 Å². The molecule has 88 valence electrons. The van der Waals surface area contributed by atoms with Gasteiger partial charge in [0.15, 0.2) is 0 Å². The van der Waals surface area contributed by atoms with Crippen LogP contribution in [0, 0.1) is 5.82 Å². The molecular formula is C14H14FNO. The lowest BCUT2D eigenvalue weighted by Crippen LogP contribution is -2.03. The van der Waals surface area contributed by atoms with Crippen LogP contribution < -0.4 is 5.73 Å². The number of benzene rings is 2. The molecule has 0 amide bonds. The molecule has 0 aliphatic rings. The minimum Gasteiger partial charge on any atom is -0.507 e. The summed E-state index contributed by atoms with van der Waals surface area (Å²) in [5.74, 6) is -0.261. The Morgan fingerprint density at radius 3 is 2.53 bits per heavy atom. The topological polar surface area (TPSA) is 46.2 Å². The predicted molar refractivity (Wildman–Crippen MR) is 66.3 cm³/mol. The first-order valence-electron chi connectivity index (χ1n) is 5.49. The van der Waals surface area contributed by atoms with E-state index in [2.05, 4.69) is 0 Å². The van der Waals surface area contributed by atoms with Crippen LogP contribution in [0.15, 0.2) is 42.5 Å². The van der Waals surface area contributed by atoms with E-state index in [0.29, 0.717) is 24.1 Å². The molecule has 0 spiro atoms. The number of hydrogen-bond donors (Lipinski definition) is 2. The van der Waals surface area contributed by atoms with E-state index in [9.17, 15) is 9.50 Å². The number of hydrogen-bond acceptors (Lipinski definition) is 2. The van der Waals surface area contributed by atoms with Crippen molar-refractivity contribution in [2.45, 2.75) is 6.42 Å². The van der Waals surface area contributed by atoms with Crippen molar-refractivity contribution >= 4 is 0 Å². The Morgan fingerprint density at radius 1 is 1.06 bits per heavy atom. The lowest BCUT2D eigenvalue weighted by molar-refractivity contribution is 0.476. The highest BCUT2D eigenvalue weighted by molar-refractivity contribution is 5.71. The largest absolute Gasteiger partial charge is 0.507 e. The normalized spacial score (nSPS) is 10.5. The third-order valence-electron chi connectivity index (χ3n) is 2.66. The molecular weight excluding hydrogens is 217 g/mol. The van der Waals surface area contributed by atoms with E-state index in [1.807, 2.05) is 0 Å². The summed E-state index contributed by atoms with van der Waals surface area (Å²) >= 11 is 0. The average molecular weight is 231 g/mol. The Labute approximate surface area is 99.5 Å². The summed E-state index contributed by atoms with van der Waals surface area (Å²) in [4.78, 5) is 0. The van der Waals surface area contributed by atoms with E-state index in [1.54, 1.807) is 36.4 Å². The molecule has 2 aromatic carbocycles. The van der Waals surface area contributed by atoms with Gasteiger partial charge in [-0.05, 0) is 36.7 Å². The van der Waals surface area contributed by atoms with E-state index in [1.165, 1.54) is 6.07 Å². The molecule has 0 bridgehead atoms. The molecule has 0 aromatic heterocycles. The summed E-state index contributed by atoms with van der Waals surface area (Å²) < 4.78 is 13.7. The van der Waals surface area contributed by atoms with Gasteiger partial charge in [-0.2, -0.15) is 0 Å². The molecule has 17 heavy (non-hydrogen) atoms. The standard InChI is InChI=1S/C14H14FNO/c15-13-6-5-10(7-8-16)9-12(13)11-3-1-2-4-14(11)17/h1-6,9,17H,7-8,16H2. The summed E-state index contributed by atoms with van der Waals surface area (Å²) in [5.41, 5.74) is 7.35. The number of para-hydroxylation sites is 1. The van der Waals surface area contributed by atoms with Gasteiger partial charge in [0, 0.05) is 11.1 Å². The van der Waals surface area contributed by atoms with Gasteiger partial charge in [0.25, 0.3) is 0 Å². The molecule has 3 N–H and O–H groups in total. The Hall–Kier alpha value is -1.87. The van der Waals surface area contributed by atoms with Gasteiger partial charge in [0.2, 0.25) is 0 Å². The van der Waals surface area contributed by atoms with Crippen LogP contribution in [-0.2, 0) is 6.42 Å². The maximum atomic E-state index is 13.7. The second-order valence-electron chi connectivity index (χ2n) is 3.87. The van der Waals surface area contributed by atoms with E-state index in [0.717, 1.165) is 5.56 Å². The molecule has 2 aromatic rings. The fraction of sp³-hybridized carbons (Fsp3) is 0.143. The van der Waals surface area contributed by atoms with E-state index >= 15 is 0 Å². The van der Waals surface area contributed by atoms with E-state index < -0.39 is 0 Å². The molecule has 3 heteroatoms. The van der Waals surface area contributed by atoms with E-state index in [-0.39, 0.29) is 11.6 Å². The molecule has 0 aliphatic carbocycles. The number of aromatic hydroxyl groups is 1.